The van der Waals surface area contributed by atoms with Gasteiger partial charge in [0.25, 0.3) is 0 Å². The minimum atomic E-state index is -0.618. The topological polar surface area (TPSA) is 133 Å². The predicted octanol–water partition coefficient (Wildman–Crippen LogP) is 1.06. The minimum Gasteiger partial charge on any atom is -0.399 e. The summed E-state index contributed by atoms with van der Waals surface area (Å²) in [5.41, 5.74) is 2.75. The van der Waals surface area contributed by atoms with E-state index in [4.69, 9.17) is 9.52 Å². The molecule has 2 heterocycles. The molecule has 0 aromatic carbocycles. The van der Waals surface area contributed by atoms with Crippen molar-refractivity contribution in [3.05, 3.63) is 28.0 Å². The number of amides is 2. The van der Waals surface area contributed by atoms with Crippen LogP contribution in [0.5, 0.6) is 0 Å². The molecular formula is C15H23N5O5. The maximum atomic E-state index is 11.6. The van der Waals surface area contributed by atoms with Crippen LogP contribution in [0.25, 0.3) is 0 Å². The highest BCUT2D eigenvalue weighted by atomic mass is 16.6. The van der Waals surface area contributed by atoms with E-state index in [0.29, 0.717) is 12.1 Å². The van der Waals surface area contributed by atoms with Crippen molar-refractivity contribution in [3.63, 3.8) is 0 Å². The summed E-state index contributed by atoms with van der Waals surface area (Å²) in [6.07, 6.45) is 4.03. The van der Waals surface area contributed by atoms with Gasteiger partial charge in [0.15, 0.2) is 5.76 Å². The summed E-state index contributed by atoms with van der Waals surface area (Å²) in [7, 11) is 0. The van der Waals surface area contributed by atoms with E-state index in [1.165, 1.54) is 18.6 Å². The average Bonchev–Trinajstić information content (AvgIpc) is 3.11. The fraction of sp³-hybridized carbons (Fsp3) is 0.600. The van der Waals surface area contributed by atoms with Gasteiger partial charge in [-0.1, -0.05) is 6.42 Å². The van der Waals surface area contributed by atoms with Gasteiger partial charge in [-0.15, -0.1) is 0 Å². The third kappa shape index (κ3) is 6.16. The lowest BCUT2D eigenvalue weighted by atomic mass is 10.1. The second kappa shape index (κ2) is 9.74. The van der Waals surface area contributed by atoms with Gasteiger partial charge in [-0.25, -0.2) is 10.2 Å². The van der Waals surface area contributed by atoms with Gasteiger partial charge in [0, 0.05) is 19.5 Å². The summed E-state index contributed by atoms with van der Waals surface area (Å²) >= 11 is 0. The molecule has 1 aromatic rings. The molecule has 2 amide bonds. The largest absolute Gasteiger partial charge is 0.433 e. The van der Waals surface area contributed by atoms with Crippen LogP contribution in [0.3, 0.4) is 0 Å². The van der Waals surface area contributed by atoms with Crippen LogP contribution in [-0.4, -0.2) is 59.5 Å². The predicted molar refractivity (Wildman–Crippen MR) is 90.4 cm³/mol. The molecule has 10 heteroatoms. The standard InChI is InChI=1S/C15H23N5O5/c21-11-7-16-15(22)18-17-12(6-10-19-8-2-1-3-9-19)13-4-5-14(25-13)20(23)24/h4-5,21H,1-3,6-11H2,(H2,16,18,22)/b17-12+. The number of aliphatic hydroxyl groups excluding tert-OH is 1. The summed E-state index contributed by atoms with van der Waals surface area (Å²) in [5, 5.41) is 25.9. The normalized spacial score (nSPS) is 15.8. The average molecular weight is 353 g/mol. The molecule has 1 aromatic heterocycles. The molecule has 3 N–H and O–H groups in total. The summed E-state index contributed by atoms with van der Waals surface area (Å²) in [6.45, 7) is 2.68. The van der Waals surface area contributed by atoms with Crippen molar-refractivity contribution in [1.29, 1.82) is 0 Å². The van der Waals surface area contributed by atoms with Crippen molar-refractivity contribution >= 4 is 17.6 Å². The number of nitro groups is 1. The summed E-state index contributed by atoms with van der Waals surface area (Å²) in [6, 6.07) is 2.17. The summed E-state index contributed by atoms with van der Waals surface area (Å²) in [4.78, 5) is 24.0. The van der Waals surface area contributed by atoms with E-state index in [-0.39, 0.29) is 24.8 Å². The first kappa shape index (κ1) is 18.9. The van der Waals surface area contributed by atoms with E-state index in [1.807, 2.05) is 0 Å². The first-order valence-electron chi connectivity index (χ1n) is 8.28. The molecule has 0 atom stereocenters. The van der Waals surface area contributed by atoms with Crippen LogP contribution >= 0.6 is 0 Å². The zero-order chi connectivity index (χ0) is 18.1. The second-order valence-corrected chi connectivity index (χ2v) is 5.70. The number of furan rings is 1. The molecule has 2 rings (SSSR count). The number of rotatable bonds is 8. The van der Waals surface area contributed by atoms with Gasteiger partial charge in [-0.05, 0) is 32.0 Å². The van der Waals surface area contributed by atoms with Gasteiger partial charge >= 0.3 is 11.9 Å². The third-order valence-electron chi connectivity index (χ3n) is 3.86. The van der Waals surface area contributed by atoms with Crippen LogP contribution in [0.2, 0.25) is 0 Å². The molecular weight excluding hydrogens is 330 g/mol. The Balaban J connectivity index is 2.03. The van der Waals surface area contributed by atoms with Gasteiger partial charge < -0.3 is 19.7 Å². The van der Waals surface area contributed by atoms with E-state index in [2.05, 4.69) is 20.7 Å². The highest BCUT2D eigenvalue weighted by molar-refractivity contribution is 5.99. The van der Waals surface area contributed by atoms with E-state index in [1.54, 1.807) is 0 Å². The molecule has 10 nitrogen and oxygen atoms in total. The monoisotopic (exact) mass is 353 g/mol. The minimum absolute atomic E-state index is 0.108. The molecule has 0 bridgehead atoms. The van der Waals surface area contributed by atoms with Crippen molar-refractivity contribution in [2.75, 3.05) is 32.8 Å². The zero-order valence-electron chi connectivity index (χ0n) is 13.9. The van der Waals surface area contributed by atoms with Crippen LogP contribution in [0.1, 0.15) is 31.4 Å². The number of carbonyl (C=O) groups excluding carboxylic acids is 1. The number of hydrogen-bond donors (Lipinski definition) is 3. The summed E-state index contributed by atoms with van der Waals surface area (Å²) < 4.78 is 5.20. The maximum Gasteiger partial charge on any atom is 0.433 e. The smallest absolute Gasteiger partial charge is 0.399 e. The maximum absolute atomic E-state index is 11.6. The van der Waals surface area contributed by atoms with Gasteiger partial charge in [0.1, 0.15) is 10.6 Å². The van der Waals surface area contributed by atoms with Gasteiger partial charge in [0.2, 0.25) is 0 Å². The van der Waals surface area contributed by atoms with Crippen LogP contribution < -0.4 is 10.7 Å². The molecule has 1 saturated heterocycles. The Morgan fingerprint density at radius 3 is 2.76 bits per heavy atom. The highest BCUT2D eigenvalue weighted by Crippen LogP contribution is 2.18. The SMILES string of the molecule is O=C(NCCO)N/N=C(\CCN1CCCCC1)c1ccc([N+](=O)[O-])o1. The Bertz CT molecular complexity index is 609. The molecule has 0 radical (unpaired) electrons. The Morgan fingerprint density at radius 2 is 2.12 bits per heavy atom. The lowest BCUT2D eigenvalue weighted by molar-refractivity contribution is -0.402. The van der Waals surface area contributed by atoms with E-state index < -0.39 is 11.0 Å². The number of aliphatic hydroxyl groups is 1. The number of piperidine rings is 1. The second-order valence-electron chi connectivity index (χ2n) is 5.70. The van der Waals surface area contributed by atoms with Gasteiger partial charge in [0.05, 0.1) is 12.7 Å². The van der Waals surface area contributed by atoms with E-state index >= 15 is 0 Å². The Hall–Kier alpha value is -2.46. The first-order chi connectivity index (χ1) is 12.1. The lowest BCUT2D eigenvalue weighted by Gasteiger charge is -2.26. The van der Waals surface area contributed by atoms with Gasteiger partial charge in [-0.2, -0.15) is 5.10 Å². The van der Waals surface area contributed by atoms with Crippen molar-refractivity contribution in [2.24, 2.45) is 5.10 Å². The molecule has 1 aliphatic rings. The van der Waals surface area contributed by atoms with E-state index in [0.717, 1.165) is 32.5 Å². The fourth-order valence-corrected chi connectivity index (χ4v) is 2.59. The van der Waals surface area contributed by atoms with Crippen LogP contribution in [0, 0.1) is 10.1 Å². The third-order valence-corrected chi connectivity index (χ3v) is 3.86. The number of hydrazone groups is 1. The van der Waals surface area contributed by atoms with Crippen molar-refractivity contribution in [3.8, 4) is 0 Å². The van der Waals surface area contributed by atoms with E-state index in [9.17, 15) is 14.9 Å². The molecule has 1 aliphatic heterocycles. The molecule has 0 unspecified atom stereocenters. The highest BCUT2D eigenvalue weighted by Gasteiger charge is 2.18. The quantitative estimate of drug-likeness (QED) is 0.363. The number of likely N-dealkylation sites (tertiary alicyclic amines) is 1. The number of carbonyl (C=O) groups is 1. The molecule has 138 valence electrons. The van der Waals surface area contributed by atoms with Crippen molar-refractivity contribution < 1.29 is 19.2 Å². The Morgan fingerprint density at radius 1 is 1.36 bits per heavy atom. The Labute approximate surface area is 145 Å². The molecule has 25 heavy (non-hydrogen) atoms. The molecule has 1 fully saturated rings. The van der Waals surface area contributed by atoms with Crippen molar-refractivity contribution in [2.45, 2.75) is 25.7 Å². The fourth-order valence-electron chi connectivity index (χ4n) is 2.59. The molecule has 0 saturated carbocycles. The number of urea groups is 1. The first-order valence-corrected chi connectivity index (χ1v) is 8.28. The van der Waals surface area contributed by atoms with Crippen LogP contribution in [0.15, 0.2) is 21.7 Å². The van der Waals surface area contributed by atoms with Gasteiger partial charge in [-0.3, -0.25) is 10.1 Å². The summed E-state index contributed by atoms with van der Waals surface area (Å²) in [5.74, 6) is -0.114. The van der Waals surface area contributed by atoms with Crippen LogP contribution in [0.4, 0.5) is 10.7 Å². The Kier molecular flexibility index (Phi) is 7.36. The van der Waals surface area contributed by atoms with Crippen LogP contribution in [-0.2, 0) is 0 Å². The number of nitrogens with zero attached hydrogens (tertiary/aromatic N) is 3. The zero-order valence-corrected chi connectivity index (χ0v) is 13.9. The molecule has 0 spiro atoms. The number of nitrogens with one attached hydrogen (secondary N) is 2. The lowest BCUT2D eigenvalue weighted by Crippen LogP contribution is -2.35. The van der Waals surface area contributed by atoms with Crippen molar-refractivity contribution in [1.82, 2.24) is 15.6 Å². The molecule has 0 aliphatic carbocycles. The number of hydrogen-bond acceptors (Lipinski definition) is 7.